The van der Waals surface area contributed by atoms with Crippen LogP contribution in [0.15, 0.2) is 91.4 Å². The third-order valence-electron chi connectivity index (χ3n) is 9.55. The number of nitriles is 3. The van der Waals surface area contributed by atoms with Gasteiger partial charge < -0.3 is 14.2 Å². The first-order valence-corrected chi connectivity index (χ1v) is 17.9. The molecule has 0 unspecified atom stereocenters. The lowest BCUT2D eigenvalue weighted by Crippen LogP contribution is -2.15. The number of hydrogen-bond acceptors (Lipinski definition) is 12. The standard InChI is InChI=1S/C42H36N12O3/c1-28-40(22-52-19-34(46-49-52)25-55-37-10-4-31(16-43)5-11-37)29(2)42(24-54-21-36(48-51-54)27-57-39-14-8-33(18-45)9-15-39)30(3)41(28)23-53-20-35(47-50-53)26-56-38-12-6-32(17-44)7-13-38/h4-15,19-21H,22-27H2,1-3H3. The van der Waals surface area contributed by atoms with Crippen molar-refractivity contribution in [1.29, 1.82) is 15.8 Å². The first-order valence-electron chi connectivity index (χ1n) is 17.9. The number of ether oxygens (including phenoxy) is 3. The predicted molar refractivity (Wildman–Crippen MR) is 204 cm³/mol. The molecule has 3 aromatic heterocycles. The van der Waals surface area contributed by atoms with Crippen LogP contribution in [0.4, 0.5) is 0 Å². The van der Waals surface area contributed by atoms with Crippen LogP contribution in [-0.2, 0) is 39.5 Å². The topological polar surface area (TPSA) is 191 Å². The van der Waals surface area contributed by atoms with Gasteiger partial charge in [0.1, 0.15) is 54.2 Å². The van der Waals surface area contributed by atoms with E-state index >= 15 is 0 Å². The van der Waals surface area contributed by atoms with E-state index in [0.717, 1.165) is 33.4 Å². The lowest BCUT2D eigenvalue weighted by Gasteiger charge is -2.22. The number of hydrogen-bond donors (Lipinski definition) is 0. The summed E-state index contributed by atoms with van der Waals surface area (Å²) in [4.78, 5) is 0. The van der Waals surface area contributed by atoms with Crippen LogP contribution < -0.4 is 14.2 Å². The number of aromatic nitrogens is 9. The third kappa shape index (κ3) is 9.11. The summed E-state index contributed by atoms with van der Waals surface area (Å²) in [6.45, 7) is 8.39. The lowest BCUT2D eigenvalue weighted by molar-refractivity contribution is 0.301. The van der Waals surface area contributed by atoms with Crippen molar-refractivity contribution in [2.75, 3.05) is 0 Å². The van der Waals surface area contributed by atoms with E-state index < -0.39 is 0 Å². The van der Waals surface area contributed by atoms with Crippen LogP contribution in [0.3, 0.4) is 0 Å². The number of benzene rings is 4. The van der Waals surface area contributed by atoms with Gasteiger partial charge in [0.05, 0.1) is 73.1 Å². The minimum atomic E-state index is 0.224. The van der Waals surface area contributed by atoms with Gasteiger partial charge >= 0.3 is 0 Å². The van der Waals surface area contributed by atoms with Gasteiger partial charge in [-0.1, -0.05) is 15.6 Å². The zero-order valence-corrected chi connectivity index (χ0v) is 31.5. The molecule has 0 saturated heterocycles. The Kier molecular flexibility index (Phi) is 11.2. The minimum absolute atomic E-state index is 0.224. The average Bonchev–Trinajstić information content (AvgIpc) is 4.03. The SMILES string of the molecule is Cc1c(Cn2cc(COc3ccc(C#N)cc3)nn2)c(C)c(Cn2cc(COc3ccc(C#N)cc3)nn2)c(C)c1Cn1cc(COc2ccc(C#N)cc2)nn1. The highest BCUT2D eigenvalue weighted by Crippen LogP contribution is 2.30. The monoisotopic (exact) mass is 756 g/mol. The highest BCUT2D eigenvalue weighted by molar-refractivity contribution is 5.51. The summed E-state index contributed by atoms with van der Waals surface area (Å²) in [5.41, 5.74) is 10.2. The number of nitrogens with zero attached hydrogens (tertiary/aromatic N) is 12. The summed E-state index contributed by atoms with van der Waals surface area (Å²) in [6.07, 6.45) is 5.62. The van der Waals surface area contributed by atoms with E-state index in [9.17, 15) is 0 Å². The molecule has 0 spiro atoms. The van der Waals surface area contributed by atoms with Crippen molar-refractivity contribution in [1.82, 2.24) is 45.0 Å². The molecule has 7 rings (SSSR count). The average molecular weight is 757 g/mol. The van der Waals surface area contributed by atoms with Crippen molar-refractivity contribution >= 4 is 0 Å². The zero-order valence-electron chi connectivity index (χ0n) is 31.5. The van der Waals surface area contributed by atoms with Crippen molar-refractivity contribution in [3.63, 3.8) is 0 Å². The Morgan fingerprint density at radius 1 is 0.439 bits per heavy atom. The van der Waals surface area contributed by atoms with Gasteiger partial charge in [0.15, 0.2) is 0 Å². The normalized spacial score (nSPS) is 10.7. The molecule has 0 N–H and O–H groups in total. The molecule has 3 heterocycles. The molecule has 0 atom stereocenters. The summed E-state index contributed by atoms with van der Waals surface area (Å²) in [6, 6.07) is 27.1. The van der Waals surface area contributed by atoms with Crippen LogP contribution in [0.25, 0.3) is 0 Å². The summed E-state index contributed by atoms with van der Waals surface area (Å²) < 4.78 is 23.1. The molecule has 7 aromatic rings. The molecule has 4 aromatic carbocycles. The molecule has 0 aliphatic heterocycles. The highest BCUT2D eigenvalue weighted by atomic mass is 16.5. The van der Waals surface area contributed by atoms with E-state index in [1.165, 1.54) is 0 Å². The fourth-order valence-electron chi connectivity index (χ4n) is 6.38. The van der Waals surface area contributed by atoms with Crippen LogP contribution in [0.5, 0.6) is 17.2 Å². The molecule has 0 fully saturated rings. The van der Waals surface area contributed by atoms with Crippen molar-refractivity contribution in [3.05, 3.63) is 159 Å². The molecule has 0 aliphatic rings. The molecule has 282 valence electrons. The fourth-order valence-corrected chi connectivity index (χ4v) is 6.38. The van der Waals surface area contributed by atoms with E-state index in [1.54, 1.807) is 86.8 Å². The highest BCUT2D eigenvalue weighted by Gasteiger charge is 2.20. The Morgan fingerprint density at radius 3 is 0.947 bits per heavy atom. The first kappa shape index (κ1) is 37.5. The van der Waals surface area contributed by atoms with Gasteiger partial charge in [-0.25, -0.2) is 14.0 Å². The fraction of sp³-hybridized carbons (Fsp3) is 0.214. The van der Waals surface area contributed by atoms with Crippen LogP contribution >= 0.6 is 0 Å². The Labute approximate surface area is 328 Å². The van der Waals surface area contributed by atoms with Crippen molar-refractivity contribution in [2.45, 2.75) is 60.2 Å². The summed E-state index contributed by atoms with van der Waals surface area (Å²) in [5.74, 6) is 1.91. The van der Waals surface area contributed by atoms with Gasteiger partial charge in [-0.2, -0.15) is 15.8 Å². The molecule has 0 radical (unpaired) electrons. The van der Waals surface area contributed by atoms with E-state index in [1.807, 2.05) is 18.6 Å². The molecule has 0 aliphatic carbocycles. The molecule has 0 amide bonds. The van der Waals surface area contributed by atoms with E-state index in [0.29, 0.717) is 70.7 Å². The second-order valence-corrected chi connectivity index (χ2v) is 13.3. The Hall–Kier alpha value is -7.83. The first-order chi connectivity index (χ1) is 27.8. The van der Waals surface area contributed by atoms with E-state index in [2.05, 4.69) is 69.9 Å². The smallest absolute Gasteiger partial charge is 0.134 e. The molecular formula is C42H36N12O3. The van der Waals surface area contributed by atoms with E-state index in [4.69, 9.17) is 30.0 Å². The second-order valence-electron chi connectivity index (χ2n) is 13.3. The molecule has 57 heavy (non-hydrogen) atoms. The van der Waals surface area contributed by atoms with Crippen LogP contribution in [0.2, 0.25) is 0 Å². The van der Waals surface area contributed by atoms with Gasteiger partial charge in [-0.05, 0) is 127 Å². The summed E-state index contributed by atoms with van der Waals surface area (Å²) in [5, 5.41) is 53.6. The molecule has 15 heteroatoms. The van der Waals surface area contributed by atoms with Gasteiger partial charge in [0, 0.05) is 0 Å². The van der Waals surface area contributed by atoms with Gasteiger partial charge in [-0.3, -0.25) is 0 Å². The van der Waals surface area contributed by atoms with Crippen molar-refractivity contribution < 1.29 is 14.2 Å². The van der Waals surface area contributed by atoms with Gasteiger partial charge in [-0.15, -0.1) is 15.3 Å². The second kappa shape index (κ2) is 17.1. The Bertz CT molecular complexity index is 2310. The minimum Gasteiger partial charge on any atom is -0.487 e. The molecule has 15 nitrogen and oxygen atoms in total. The summed E-state index contributed by atoms with van der Waals surface area (Å²) in [7, 11) is 0. The maximum absolute atomic E-state index is 9.09. The third-order valence-corrected chi connectivity index (χ3v) is 9.55. The van der Waals surface area contributed by atoms with Gasteiger partial charge in [0.25, 0.3) is 0 Å². The molecular weight excluding hydrogens is 721 g/mol. The maximum atomic E-state index is 9.09. The Balaban J connectivity index is 1.12. The van der Waals surface area contributed by atoms with Crippen molar-refractivity contribution in [2.24, 2.45) is 0 Å². The molecule has 0 bridgehead atoms. The largest absolute Gasteiger partial charge is 0.487 e. The van der Waals surface area contributed by atoms with Gasteiger partial charge in [0.2, 0.25) is 0 Å². The van der Waals surface area contributed by atoms with Crippen LogP contribution in [0.1, 0.15) is 67.2 Å². The number of rotatable bonds is 15. The lowest BCUT2D eigenvalue weighted by atomic mass is 9.88. The van der Waals surface area contributed by atoms with Crippen LogP contribution in [-0.4, -0.2) is 45.0 Å². The maximum Gasteiger partial charge on any atom is 0.134 e. The van der Waals surface area contributed by atoms with Crippen LogP contribution in [0, 0.1) is 54.8 Å². The molecule has 0 saturated carbocycles. The zero-order chi connectivity index (χ0) is 39.7. The summed E-state index contributed by atoms with van der Waals surface area (Å²) >= 11 is 0. The Morgan fingerprint density at radius 2 is 0.702 bits per heavy atom. The quantitative estimate of drug-likeness (QED) is 0.121. The van der Waals surface area contributed by atoms with Crippen molar-refractivity contribution in [3.8, 4) is 35.5 Å². The predicted octanol–water partition coefficient (Wildman–Crippen LogP) is 5.88. The van der Waals surface area contributed by atoms with E-state index in [-0.39, 0.29) is 19.8 Å².